The Labute approximate surface area is 226 Å². The summed E-state index contributed by atoms with van der Waals surface area (Å²) in [5.74, 6) is -0.864. The Morgan fingerprint density at radius 1 is 0.921 bits per heavy atom. The normalized spacial score (nSPS) is 13.1. The Hall–Kier alpha value is -3.33. The Morgan fingerprint density at radius 3 is 1.97 bits per heavy atom. The second kappa shape index (κ2) is 12.0. The van der Waals surface area contributed by atoms with Crippen molar-refractivity contribution in [2.24, 2.45) is 15.2 Å². The molecule has 7 nitrogen and oxygen atoms in total. The number of hydrogen-bond donors (Lipinski definition) is 2. The highest BCUT2D eigenvalue weighted by atomic mass is 32.2. The fraction of sp³-hybridized carbons (Fsp3) is 0.333. The van der Waals surface area contributed by atoms with Crippen molar-refractivity contribution >= 4 is 21.7 Å². The van der Waals surface area contributed by atoms with Gasteiger partial charge in [-0.25, -0.2) is 9.35 Å². The van der Waals surface area contributed by atoms with Gasteiger partial charge >= 0.3 is 0 Å². The van der Waals surface area contributed by atoms with Gasteiger partial charge in [0.05, 0.1) is 11.3 Å². The van der Waals surface area contributed by atoms with Crippen LogP contribution in [0.5, 0.6) is 0 Å². The van der Waals surface area contributed by atoms with E-state index in [0.29, 0.717) is 10.5 Å². The van der Waals surface area contributed by atoms with E-state index in [1.54, 1.807) is 24.3 Å². The lowest BCUT2D eigenvalue weighted by molar-refractivity contribution is -0.117. The maximum atomic E-state index is 13.2. The van der Waals surface area contributed by atoms with Crippen molar-refractivity contribution in [3.63, 3.8) is 0 Å². The van der Waals surface area contributed by atoms with Crippen molar-refractivity contribution < 1.29 is 13.8 Å². The van der Waals surface area contributed by atoms with Gasteiger partial charge in [0.25, 0.3) is 5.91 Å². The summed E-state index contributed by atoms with van der Waals surface area (Å²) in [5.41, 5.74) is 11.5. The molecular weight excluding hydrogens is 496 g/mol. The van der Waals surface area contributed by atoms with Gasteiger partial charge in [0.1, 0.15) is 9.92 Å². The molecule has 3 aromatic rings. The molecule has 0 saturated carbocycles. The number of nitrogens with zero attached hydrogens (tertiary/aromatic N) is 2. The zero-order valence-corrected chi connectivity index (χ0v) is 23.8. The standard InChI is InChI=1S/C30H38N4O3S/c1-19(2)26-15-22(24-9-7-8-10-25(24)30(31)36)16-27(20(3)4)28(26)17-29(35)33-38(32,37)23-13-11-21(12-14-23)18-34(5)6/h7-16,19-20H,17-18H2,1-6H3,(H2,31,36)(H2,32,33,35,37). The largest absolute Gasteiger partial charge is 0.366 e. The van der Waals surface area contributed by atoms with Crippen LogP contribution in [0.4, 0.5) is 0 Å². The molecule has 0 aliphatic carbocycles. The molecule has 0 fully saturated rings. The molecule has 0 saturated heterocycles. The Morgan fingerprint density at radius 2 is 1.47 bits per heavy atom. The van der Waals surface area contributed by atoms with E-state index < -0.39 is 21.7 Å². The van der Waals surface area contributed by atoms with Crippen LogP contribution >= 0.6 is 0 Å². The van der Waals surface area contributed by atoms with E-state index in [0.717, 1.165) is 39.9 Å². The molecule has 0 spiro atoms. The average Bonchev–Trinajstić information content (AvgIpc) is 2.83. The molecule has 38 heavy (non-hydrogen) atoms. The van der Waals surface area contributed by atoms with Gasteiger partial charge in [0.15, 0.2) is 0 Å². The molecular formula is C30H38N4O3S. The van der Waals surface area contributed by atoms with E-state index in [4.69, 9.17) is 10.9 Å². The highest BCUT2D eigenvalue weighted by Crippen LogP contribution is 2.35. The van der Waals surface area contributed by atoms with Gasteiger partial charge < -0.3 is 10.6 Å². The minimum atomic E-state index is -3.40. The maximum Gasteiger partial charge on any atom is 0.259 e. The molecule has 3 aromatic carbocycles. The molecule has 0 aliphatic heterocycles. The molecule has 4 N–H and O–H groups in total. The number of carbonyl (C=O) groups is 2. The van der Waals surface area contributed by atoms with E-state index in [9.17, 15) is 13.8 Å². The molecule has 1 atom stereocenters. The summed E-state index contributed by atoms with van der Waals surface area (Å²) in [6.07, 6.45) is -0.0221. The summed E-state index contributed by atoms with van der Waals surface area (Å²) in [6.45, 7) is 8.94. The second-order valence-corrected chi connectivity index (χ2v) is 12.3. The highest BCUT2D eigenvalue weighted by molar-refractivity contribution is 7.91. The monoisotopic (exact) mass is 534 g/mol. The van der Waals surface area contributed by atoms with Crippen molar-refractivity contribution in [3.8, 4) is 11.1 Å². The lowest BCUT2D eigenvalue weighted by Gasteiger charge is -2.22. The van der Waals surface area contributed by atoms with Crippen LogP contribution in [0.1, 0.15) is 72.1 Å². The lowest BCUT2D eigenvalue weighted by Crippen LogP contribution is -2.17. The van der Waals surface area contributed by atoms with Crippen LogP contribution in [-0.2, 0) is 27.7 Å². The van der Waals surface area contributed by atoms with Crippen molar-refractivity contribution in [2.45, 2.75) is 57.4 Å². The molecule has 0 aromatic heterocycles. The summed E-state index contributed by atoms with van der Waals surface area (Å²) < 4.78 is 17.2. The van der Waals surface area contributed by atoms with Crippen LogP contribution in [0.15, 0.2) is 69.9 Å². The van der Waals surface area contributed by atoms with Gasteiger partial charge in [-0.2, -0.15) is 0 Å². The van der Waals surface area contributed by atoms with Crippen LogP contribution in [0, 0.1) is 0 Å². The molecule has 0 heterocycles. The predicted octanol–water partition coefficient (Wildman–Crippen LogP) is 5.23. The molecule has 202 valence electrons. The van der Waals surface area contributed by atoms with Crippen molar-refractivity contribution in [1.82, 2.24) is 4.90 Å². The zero-order valence-electron chi connectivity index (χ0n) is 23.0. The van der Waals surface area contributed by atoms with Crippen LogP contribution in [0.25, 0.3) is 11.1 Å². The van der Waals surface area contributed by atoms with Crippen molar-refractivity contribution in [3.05, 3.63) is 88.5 Å². The maximum absolute atomic E-state index is 13.2. The molecule has 0 bridgehead atoms. The van der Waals surface area contributed by atoms with Crippen molar-refractivity contribution in [2.75, 3.05) is 14.1 Å². The summed E-state index contributed by atoms with van der Waals surface area (Å²) in [6, 6.07) is 18.3. The summed E-state index contributed by atoms with van der Waals surface area (Å²) in [5, 5.41) is 6.07. The number of carbonyl (C=O) groups excluding carboxylic acids is 2. The third kappa shape index (κ3) is 6.95. The first-order valence-electron chi connectivity index (χ1n) is 12.7. The number of amides is 2. The molecule has 8 heteroatoms. The van der Waals surface area contributed by atoms with E-state index in [2.05, 4.69) is 32.1 Å². The first kappa shape index (κ1) is 29.2. The van der Waals surface area contributed by atoms with Gasteiger partial charge in [-0.3, -0.25) is 9.59 Å². The number of hydrogen-bond acceptors (Lipinski definition) is 4. The van der Waals surface area contributed by atoms with Crippen LogP contribution in [0.3, 0.4) is 0 Å². The van der Waals surface area contributed by atoms with E-state index in [1.165, 1.54) is 0 Å². The van der Waals surface area contributed by atoms with Gasteiger partial charge in [-0.1, -0.05) is 70.2 Å². The topological polar surface area (TPSA) is 119 Å². The molecule has 2 amide bonds. The quantitative estimate of drug-likeness (QED) is 0.391. The fourth-order valence-electron chi connectivity index (χ4n) is 4.60. The third-order valence-corrected chi connectivity index (χ3v) is 7.81. The Bertz CT molecular complexity index is 1420. The first-order chi connectivity index (χ1) is 17.8. The van der Waals surface area contributed by atoms with Crippen LogP contribution in [0.2, 0.25) is 0 Å². The minimum absolute atomic E-state index is 0.0221. The molecule has 0 radical (unpaired) electrons. The third-order valence-electron chi connectivity index (χ3n) is 6.39. The molecule has 1 unspecified atom stereocenters. The fourth-order valence-corrected chi connectivity index (χ4v) is 5.60. The smallest absolute Gasteiger partial charge is 0.259 e. The molecule has 0 aliphatic rings. The van der Waals surface area contributed by atoms with Gasteiger partial charge in [0, 0.05) is 12.1 Å². The SMILES string of the molecule is CC(C)c1cc(-c2ccccc2C(N)=O)cc(C(C)C)c1CC(=O)N=S(N)(=O)c1ccc(CN(C)C)cc1. The van der Waals surface area contributed by atoms with E-state index in [1.807, 2.05) is 55.4 Å². The number of primary amides is 1. The van der Waals surface area contributed by atoms with Gasteiger partial charge in [-0.15, -0.1) is 4.36 Å². The minimum Gasteiger partial charge on any atom is -0.366 e. The van der Waals surface area contributed by atoms with Crippen LogP contribution in [-0.4, -0.2) is 35.0 Å². The zero-order chi connectivity index (χ0) is 28.2. The highest BCUT2D eigenvalue weighted by Gasteiger charge is 2.21. The summed E-state index contributed by atoms with van der Waals surface area (Å²) >= 11 is 0. The van der Waals surface area contributed by atoms with E-state index in [-0.39, 0.29) is 18.3 Å². The first-order valence-corrected chi connectivity index (χ1v) is 14.2. The van der Waals surface area contributed by atoms with Crippen LogP contribution < -0.4 is 10.9 Å². The predicted molar refractivity (Wildman–Crippen MR) is 154 cm³/mol. The average molecular weight is 535 g/mol. The summed E-state index contributed by atoms with van der Waals surface area (Å²) in [4.78, 5) is 27.6. The van der Waals surface area contributed by atoms with Gasteiger partial charge in [0.2, 0.25) is 5.91 Å². The second-order valence-electron chi connectivity index (χ2n) is 10.5. The number of nitrogens with two attached hydrogens (primary N) is 2. The Kier molecular flexibility index (Phi) is 9.25. The Balaban J connectivity index is 2.04. The van der Waals surface area contributed by atoms with Gasteiger partial charge in [-0.05, 0) is 77.5 Å². The molecule has 3 rings (SSSR count). The van der Waals surface area contributed by atoms with Crippen molar-refractivity contribution in [1.29, 1.82) is 0 Å². The number of rotatable bonds is 9. The number of benzene rings is 3. The summed E-state index contributed by atoms with van der Waals surface area (Å²) in [7, 11) is 0.535. The van der Waals surface area contributed by atoms with E-state index >= 15 is 0 Å². The lowest BCUT2D eigenvalue weighted by atomic mass is 9.83.